The molecular weight excluding hydrogens is 226 g/mol. The van der Waals surface area contributed by atoms with Gasteiger partial charge in [-0.3, -0.25) is 4.79 Å². The number of nitrogens with two attached hydrogens (primary N) is 1. The first-order valence-electron chi connectivity index (χ1n) is 4.89. The Morgan fingerprint density at radius 3 is 2.25 bits per heavy atom. The standard InChI is InChI=1S/C12H17NO2.ClH/c1-12(2,11(14)15-3)10(13)9-7-5-4-6-8-9;/h4-8,10H,13H2,1-3H3;1H. The molecule has 0 heterocycles. The van der Waals surface area contributed by atoms with E-state index in [1.54, 1.807) is 13.8 Å². The van der Waals surface area contributed by atoms with Gasteiger partial charge in [0.1, 0.15) is 0 Å². The van der Waals surface area contributed by atoms with Gasteiger partial charge in [-0.15, -0.1) is 12.4 Å². The second-order valence-corrected chi connectivity index (χ2v) is 4.10. The molecule has 16 heavy (non-hydrogen) atoms. The average molecular weight is 244 g/mol. The Bertz CT molecular complexity index is 338. The molecule has 0 aliphatic rings. The van der Waals surface area contributed by atoms with E-state index in [1.807, 2.05) is 30.3 Å². The van der Waals surface area contributed by atoms with Gasteiger partial charge in [0, 0.05) is 6.04 Å². The summed E-state index contributed by atoms with van der Waals surface area (Å²) in [5.74, 6) is -0.293. The lowest BCUT2D eigenvalue weighted by molar-refractivity contribution is -0.152. The lowest BCUT2D eigenvalue weighted by Gasteiger charge is -2.28. The minimum atomic E-state index is -0.712. The van der Waals surface area contributed by atoms with Crippen molar-refractivity contribution in [3.05, 3.63) is 35.9 Å². The summed E-state index contributed by atoms with van der Waals surface area (Å²) in [6.45, 7) is 3.58. The second-order valence-electron chi connectivity index (χ2n) is 4.10. The molecular formula is C12H18ClNO2. The highest BCUT2D eigenvalue weighted by atomic mass is 35.5. The van der Waals surface area contributed by atoms with Gasteiger partial charge >= 0.3 is 5.97 Å². The van der Waals surface area contributed by atoms with Crippen LogP contribution in [0.15, 0.2) is 30.3 Å². The zero-order chi connectivity index (χ0) is 11.5. The molecule has 0 fully saturated rings. The average Bonchev–Trinajstić information content (AvgIpc) is 2.28. The Kier molecular flexibility index (Phi) is 5.48. The largest absolute Gasteiger partial charge is 0.469 e. The molecule has 3 nitrogen and oxygen atoms in total. The highest BCUT2D eigenvalue weighted by Gasteiger charge is 2.36. The molecule has 1 atom stereocenters. The van der Waals surface area contributed by atoms with Gasteiger partial charge in [-0.2, -0.15) is 0 Å². The van der Waals surface area contributed by atoms with Gasteiger partial charge in [0.25, 0.3) is 0 Å². The Morgan fingerprint density at radius 1 is 1.31 bits per heavy atom. The number of carbonyl (C=O) groups excluding carboxylic acids is 1. The minimum Gasteiger partial charge on any atom is -0.469 e. The summed E-state index contributed by atoms with van der Waals surface area (Å²) in [7, 11) is 1.38. The molecule has 90 valence electrons. The molecule has 0 saturated heterocycles. The lowest BCUT2D eigenvalue weighted by Crippen LogP contribution is -2.37. The second kappa shape index (κ2) is 5.87. The van der Waals surface area contributed by atoms with Crippen molar-refractivity contribution in [1.29, 1.82) is 0 Å². The van der Waals surface area contributed by atoms with Gasteiger partial charge < -0.3 is 10.5 Å². The fourth-order valence-corrected chi connectivity index (χ4v) is 1.47. The van der Waals surface area contributed by atoms with E-state index < -0.39 is 5.41 Å². The maximum Gasteiger partial charge on any atom is 0.313 e. The summed E-state index contributed by atoms with van der Waals surface area (Å²) >= 11 is 0. The van der Waals surface area contributed by atoms with Crippen molar-refractivity contribution in [1.82, 2.24) is 0 Å². The molecule has 2 N–H and O–H groups in total. The molecule has 4 heteroatoms. The number of halogens is 1. The van der Waals surface area contributed by atoms with Crippen LogP contribution in [0.3, 0.4) is 0 Å². The minimum absolute atomic E-state index is 0. The number of hydrogen-bond acceptors (Lipinski definition) is 3. The van der Waals surface area contributed by atoms with Crippen LogP contribution in [0.4, 0.5) is 0 Å². The molecule has 1 rings (SSSR count). The summed E-state index contributed by atoms with van der Waals surface area (Å²) in [6.07, 6.45) is 0. The van der Waals surface area contributed by atoms with Crippen molar-refractivity contribution >= 4 is 18.4 Å². The van der Waals surface area contributed by atoms with E-state index in [2.05, 4.69) is 0 Å². The lowest BCUT2D eigenvalue weighted by atomic mass is 9.81. The van der Waals surface area contributed by atoms with E-state index in [0.717, 1.165) is 5.56 Å². The maximum absolute atomic E-state index is 11.5. The van der Waals surface area contributed by atoms with Crippen LogP contribution in [-0.4, -0.2) is 13.1 Å². The number of ether oxygens (including phenoxy) is 1. The number of esters is 1. The van der Waals surface area contributed by atoms with Crippen LogP contribution in [0, 0.1) is 5.41 Å². The van der Waals surface area contributed by atoms with Crippen molar-refractivity contribution in [2.24, 2.45) is 11.1 Å². The first-order chi connectivity index (χ1) is 7.00. The van der Waals surface area contributed by atoms with E-state index in [4.69, 9.17) is 10.5 Å². The maximum atomic E-state index is 11.5. The molecule has 0 aliphatic heterocycles. The fourth-order valence-electron chi connectivity index (χ4n) is 1.47. The number of benzene rings is 1. The van der Waals surface area contributed by atoms with Gasteiger partial charge in [0.05, 0.1) is 12.5 Å². The fraction of sp³-hybridized carbons (Fsp3) is 0.417. The third-order valence-corrected chi connectivity index (χ3v) is 2.65. The molecule has 0 bridgehead atoms. The smallest absolute Gasteiger partial charge is 0.313 e. The van der Waals surface area contributed by atoms with Gasteiger partial charge in [-0.1, -0.05) is 30.3 Å². The van der Waals surface area contributed by atoms with E-state index in [-0.39, 0.29) is 24.4 Å². The third kappa shape index (κ3) is 2.97. The summed E-state index contributed by atoms with van der Waals surface area (Å²) in [5, 5.41) is 0. The van der Waals surface area contributed by atoms with Crippen molar-refractivity contribution in [2.45, 2.75) is 19.9 Å². The molecule has 0 amide bonds. The van der Waals surface area contributed by atoms with E-state index in [9.17, 15) is 4.79 Å². The highest BCUT2D eigenvalue weighted by molar-refractivity contribution is 5.85. The Morgan fingerprint density at radius 2 is 1.81 bits per heavy atom. The van der Waals surface area contributed by atoms with Crippen LogP contribution in [0.2, 0.25) is 0 Å². The normalized spacial score (nSPS) is 12.5. The predicted octanol–water partition coefficient (Wildman–Crippen LogP) is 2.31. The topological polar surface area (TPSA) is 52.3 Å². The third-order valence-electron chi connectivity index (χ3n) is 2.65. The number of carbonyl (C=O) groups is 1. The molecule has 0 saturated carbocycles. The van der Waals surface area contributed by atoms with Crippen LogP contribution in [0.1, 0.15) is 25.5 Å². The quantitative estimate of drug-likeness (QED) is 0.829. The molecule has 0 aliphatic carbocycles. The number of methoxy groups -OCH3 is 1. The van der Waals surface area contributed by atoms with Crippen molar-refractivity contribution in [2.75, 3.05) is 7.11 Å². The Hall–Kier alpha value is -1.06. The van der Waals surface area contributed by atoms with Crippen molar-refractivity contribution < 1.29 is 9.53 Å². The summed E-state index contributed by atoms with van der Waals surface area (Å²) in [5.41, 5.74) is 6.27. The molecule has 0 radical (unpaired) electrons. The summed E-state index contributed by atoms with van der Waals surface area (Å²) < 4.78 is 4.74. The van der Waals surface area contributed by atoms with Gasteiger partial charge in [-0.05, 0) is 19.4 Å². The van der Waals surface area contributed by atoms with Crippen LogP contribution in [0.5, 0.6) is 0 Å². The van der Waals surface area contributed by atoms with Crippen molar-refractivity contribution in [3.63, 3.8) is 0 Å². The number of rotatable bonds is 3. The van der Waals surface area contributed by atoms with Crippen LogP contribution >= 0.6 is 12.4 Å². The van der Waals surface area contributed by atoms with Crippen molar-refractivity contribution in [3.8, 4) is 0 Å². The highest BCUT2D eigenvalue weighted by Crippen LogP contribution is 2.32. The molecule has 1 unspecified atom stereocenters. The Balaban J connectivity index is 0.00000225. The van der Waals surface area contributed by atoms with E-state index in [1.165, 1.54) is 7.11 Å². The van der Waals surface area contributed by atoms with E-state index in [0.29, 0.717) is 0 Å². The first-order valence-corrected chi connectivity index (χ1v) is 4.89. The van der Waals surface area contributed by atoms with Crippen LogP contribution in [-0.2, 0) is 9.53 Å². The van der Waals surface area contributed by atoms with Crippen LogP contribution in [0.25, 0.3) is 0 Å². The Labute approximate surface area is 102 Å². The summed E-state index contributed by atoms with van der Waals surface area (Å²) in [4.78, 5) is 11.5. The monoisotopic (exact) mass is 243 g/mol. The molecule has 0 spiro atoms. The zero-order valence-electron chi connectivity index (χ0n) is 9.77. The van der Waals surface area contributed by atoms with Crippen LogP contribution < -0.4 is 5.73 Å². The predicted molar refractivity (Wildman–Crippen MR) is 66.4 cm³/mol. The number of hydrogen-bond donors (Lipinski definition) is 1. The SMILES string of the molecule is COC(=O)C(C)(C)C(N)c1ccccc1.Cl. The van der Waals surface area contributed by atoms with Gasteiger partial charge in [-0.25, -0.2) is 0 Å². The van der Waals surface area contributed by atoms with Gasteiger partial charge in [0.2, 0.25) is 0 Å². The molecule has 1 aromatic carbocycles. The summed E-state index contributed by atoms with van der Waals surface area (Å²) in [6, 6.07) is 9.20. The van der Waals surface area contributed by atoms with E-state index >= 15 is 0 Å². The first kappa shape index (κ1) is 14.9. The molecule has 0 aromatic heterocycles. The zero-order valence-corrected chi connectivity index (χ0v) is 10.6. The van der Waals surface area contributed by atoms with Gasteiger partial charge in [0.15, 0.2) is 0 Å². The molecule has 1 aromatic rings.